The Balaban J connectivity index is 2.02. The van der Waals surface area contributed by atoms with Crippen LogP contribution in [-0.2, 0) is 6.54 Å². The number of nitrogens with two attached hydrogens (primary N) is 1. The molecule has 5 nitrogen and oxygen atoms in total. The SMILES string of the molecule is Cc1cc(NCc2cnc[nH]2)ncc1N. The van der Waals surface area contributed by atoms with Crippen LogP contribution in [0.2, 0.25) is 0 Å². The molecule has 0 amide bonds. The molecule has 0 aliphatic rings. The van der Waals surface area contributed by atoms with Gasteiger partial charge in [-0.2, -0.15) is 0 Å². The largest absolute Gasteiger partial charge is 0.397 e. The fraction of sp³-hybridized carbons (Fsp3) is 0.200. The summed E-state index contributed by atoms with van der Waals surface area (Å²) in [5.41, 5.74) is 8.43. The predicted molar refractivity (Wildman–Crippen MR) is 59.3 cm³/mol. The van der Waals surface area contributed by atoms with Gasteiger partial charge in [0.15, 0.2) is 0 Å². The highest BCUT2D eigenvalue weighted by atomic mass is 15.0. The van der Waals surface area contributed by atoms with E-state index in [1.807, 2.05) is 13.0 Å². The van der Waals surface area contributed by atoms with Crippen molar-refractivity contribution in [3.63, 3.8) is 0 Å². The Bertz CT molecular complexity index is 435. The van der Waals surface area contributed by atoms with E-state index in [2.05, 4.69) is 20.3 Å². The Morgan fingerprint density at radius 2 is 2.33 bits per heavy atom. The van der Waals surface area contributed by atoms with Crippen LogP contribution >= 0.6 is 0 Å². The number of anilines is 2. The minimum atomic E-state index is 0.677. The monoisotopic (exact) mass is 203 g/mol. The topological polar surface area (TPSA) is 79.6 Å². The number of nitrogen functional groups attached to an aromatic ring is 1. The minimum Gasteiger partial charge on any atom is -0.397 e. The van der Waals surface area contributed by atoms with E-state index >= 15 is 0 Å². The summed E-state index contributed by atoms with van der Waals surface area (Å²) >= 11 is 0. The Morgan fingerprint density at radius 1 is 1.47 bits per heavy atom. The van der Waals surface area contributed by atoms with Gasteiger partial charge in [-0.05, 0) is 18.6 Å². The highest BCUT2D eigenvalue weighted by Crippen LogP contribution is 2.13. The molecule has 0 saturated heterocycles. The lowest BCUT2D eigenvalue weighted by atomic mass is 10.2. The fourth-order valence-electron chi connectivity index (χ4n) is 1.23. The molecule has 15 heavy (non-hydrogen) atoms. The molecule has 0 spiro atoms. The molecule has 4 N–H and O–H groups in total. The first kappa shape index (κ1) is 9.51. The van der Waals surface area contributed by atoms with E-state index in [9.17, 15) is 0 Å². The summed E-state index contributed by atoms with van der Waals surface area (Å²) in [4.78, 5) is 11.1. The van der Waals surface area contributed by atoms with Gasteiger partial charge in [0.25, 0.3) is 0 Å². The van der Waals surface area contributed by atoms with E-state index in [1.54, 1.807) is 18.7 Å². The maximum Gasteiger partial charge on any atom is 0.126 e. The normalized spacial score (nSPS) is 10.2. The number of aromatic amines is 1. The van der Waals surface area contributed by atoms with E-state index in [1.165, 1.54) is 0 Å². The molecule has 0 saturated carbocycles. The van der Waals surface area contributed by atoms with Crippen molar-refractivity contribution in [1.29, 1.82) is 0 Å². The van der Waals surface area contributed by atoms with E-state index in [-0.39, 0.29) is 0 Å². The standard InChI is InChI=1S/C10H13N5/c1-7-2-10(14-5-9(7)11)13-4-8-3-12-6-15-8/h2-3,5-6H,4,11H2,1H3,(H,12,15)(H,13,14). The molecule has 0 bridgehead atoms. The Hall–Kier alpha value is -2.04. The average molecular weight is 203 g/mol. The molecule has 0 aliphatic carbocycles. The average Bonchev–Trinajstić information content (AvgIpc) is 2.73. The van der Waals surface area contributed by atoms with Gasteiger partial charge < -0.3 is 16.0 Å². The molecule has 0 aliphatic heterocycles. The van der Waals surface area contributed by atoms with E-state index < -0.39 is 0 Å². The number of nitrogens with one attached hydrogen (secondary N) is 2. The van der Waals surface area contributed by atoms with Crippen LogP contribution in [-0.4, -0.2) is 15.0 Å². The van der Waals surface area contributed by atoms with Gasteiger partial charge in [-0.15, -0.1) is 0 Å². The van der Waals surface area contributed by atoms with Crippen molar-refractivity contribution in [3.05, 3.63) is 36.0 Å². The van der Waals surface area contributed by atoms with Crippen LogP contribution in [0.1, 0.15) is 11.3 Å². The maximum absolute atomic E-state index is 5.67. The minimum absolute atomic E-state index is 0.677. The van der Waals surface area contributed by atoms with Gasteiger partial charge in [-0.1, -0.05) is 0 Å². The molecule has 2 aromatic heterocycles. The number of hydrogen-bond donors (Lipinski definition) is 3. The smallest absolute Gasteiger partial charge is 0.126 e. The van der Waals surface area contributed by atoms with Crippen LogP contribution < -0.4 is 11.1 Å². The van der Waals surface area contributed by atoms with Crippen LogP contribution in [0.15, 0.2) is 24.8 Å². The Kier molecular flexibility index (Phi) is 2.53. The molecule has 2 rings (SSSR count). The Morgan fingerprint density at radius 3 is 3.00 bits per heavy atom. The van der Waals surface area contributed by atoms with E-state index in [0.717, 1.165) is 17.1 Å². The summed E-state index contributed by atoms with van der Waals surface area (Å²) in [5, 5.41) is 3.18. The van der Waals surface area contributed by atoms with Crippen molar-refractivity contribution in [3.8, 4) is 0 Å². The van der Waals surface area contributed by atoms with E-state index in [4.69, 9.17) is 5.73 Å². The second-order valence-corrected chi connectivity index (χ2v) is 3.36. The van der Waals surface area contributed by atoms with Gasteiger partial charge in [0.2, 0.25) is 0 Å². The van der Waals surface area contributed by atoms with Crippen LogP contribution in [0.5, 0.6) is 0 Å². The summed E-state index contributed by atoms with van der Waals surface area (Å²) in [7, 11) is 0. The lowest BCUT2D eigenvalue weighted by Crippen LogP contribution is -2.02. The number of H-pyrrole nitrogens is 1. The van der Waals surface area contributed by atoms with Crippen molar-refractivity contribution in [2.24, 2.45) is 0 Å². The number of aryl methyl sites for hydroxylation is 1. The fourth-order valence-corrected chi connectivity index (χ4v) is 1.23. The molecule has 78 valence electrons. The molecule has 2 heterocycles. The molecule has 0 aromatic carbocycles. The number of nitrogens with zero attached hydrogens (tertiary/aromatic N) is 2. The van der Waals surface area contributed by atoms with Gasteiger partial charge in [-0.3, -0.25) is 0 Å². The number of hydrogen-bond acceptors (Lipinski definition) is 4. The molecule has 2 aromatic rings. The number of pyridine rings is 1. The lowest BCUT2D eigenvalue weighted by Gasteiger charge is -2.05. The first-order chi connectivity index (χ1) is 7.25. The third-order valence-electron chi connectivity index (χ3n) is 2.17. The van der Waals surface area contributed by atoms with Crippen molar-refractivity contribution < 1.29 is 0 Å². The van der Waals surface area contributed by atoms with E-state index in [0.29, 0.717) is 12.2 Å². The zero-order valence-corrected chi connectivity index (χ0v) is 8.49. The van der Waals surface area contributed by atoms with Gasteiger partial charge in [-0.25, -0.2) is 9.97 Å². The van der Waals surface area contributed by atoms with Gasteiger partial charge in [0.1, 0.15) is 5.82 Å². The molecule has 0 fully saturated rings. The molecule has 0 radical (unpaired) electrons. The molecule has 0 unspecified atom stereocenters. The van der Waals surface area contributed by atoms with Crippen molar-refractivity contribution in [2.75, 3.05) is 11.1 Å². The second-order valence-electron chi connectivity index (χ2n) is 3.36. The first-order valence-corrected chi connectivity index (χ1v) is 4.69. The maximum atomic E-state index is 5.67. The first-order valence-electron chi connectivity index (χ1n) is 4.69. The van der Waals surface area contributed by atoms with Gasteiger partial charge in [0.05, 0.1) is 30.5 Å². The Labute approximate surface area is 87.8 Å². The molecule has 0 atom stereocenters. The van der Waals surface area contributed by atoms with Gasteiger partial charge >= 0.3 is 0 Å². The lowest BCUT2D eigenvalue weighted by molar-refractivity contribution is 1.05. The van der Waals surface area contributed by atoms with Crippen molar-refractivity contribution in [1.82, 2.24) is 15.0 Å². The van der Waals surface area contributed by atoms with Crippen LogP contribution in [0.4, 0.5) is 11.5 Å². The quantitative estimate of drug-likeness (QED) is 0.702. The predicted octanol–water partition coefficient (Wildman–Crippen LogP) is 1.31. The highest BCUT2D eigenvalue weighted by molar-refractivity contribution is 5.50. The number of rotatable bonds is 3. The van der Waals surface area contributed by atoms with Crippen molar-refractivity contribution in [2.45, 2.75) is 13.5 Å². The summed E-state index contributed by atoms with van der Waals surface area (Å²) in [6.07, 6.45) is 5.08. The third kappa shape index (κ3) is 2.25. The van der Waals surface area contributed by atoms with Crippen LogP contribution in [0, 0.1) is 6.92 Å². The third-order valence-corrected chi connectivity index (χ3v) is 2.17. The zero-order valence-electron chi connectivity index (χ0n) is 8.49. The van der Waals surface area contributed by atoms with Crippen LogP contribution in [0.25, 0.3) is 0 Å². The summed E-state index contributed by atoms with van der Waals surface area (Å²) in [6.45, 7) is 2.63. The summed E-state index contributed by atoms with van der Waals surface area (Å²) < 4.78 is 0. The number of aromatic nitrogens is 3. The molecular formula is C10H13N5. The van der Waals surface area contributed by atoms with Gasteiger partial charge in [0, 0.05) is 6.20 Å². The second kappa shape index (κ2) is 4.00. The zero-order chi connectivity index (χ0) is 10.7. The summed E-state index contributed by atoms with van der Waals surface area (Å²) in [5.74, 6) is 0.816. The summed E-state index contributed by atoms with van der Waals surface area (Å²) in [6, 6.07) is 1.92. The van der Waals surface area contributed by atoms with Crippen LogP contribution in [0.3, 0.4) is 0 Å². The highest BCUT2D eigenvalue weighted by Gasteiger charge is 1.98. The number of imidazole rings is 1. The molecular weight excluding hydrogens is 190 g/mol. The van der Waals surface area contributed by atoms with Crippen molar-refractivity contribution >= 4 is 11.5 Å². The molecule has 5 heteroatoms.